The number of benzene rings is 1. The first-order chi connectivity index (χ1) is 19.6. The Kier molecular flexibility index (Phi) is 7.91. The van der Waals surface area contributed by atoms with Crippen LogP contribution in [-0.4, -0.2) is 43.1 Å². The molecule has 212 valence electrons. The van der Waals surface area contributed by atoms with E-state index >= 15 is 4.39 Å². The van der Waals surface area contributed by atoms with E-state index in [4.69, 9.17) is 0 Å². The maximum absolute atomic E-state index is 15.2. The number of aromatic nitrogens is 5. The van der Waals surface area contributed by atoms with Gasteiger partial charge < -0.3 is 5.32 Å². The third-order valence-electron chi connectivity index (χ3n) is 7.51. The zero-order valence-electron chi connectivity index (χ0n) is 23.2. The van der Waals surface area contributed by atoms with Crippen molar-refractivity contribution in [3.8, 4) is 11.3 Å². The zero-order valence-corrected chi connectivity index (χ0v) is 24.3. The fourth-order valence-electron chi connectivity index (χ4n) is 5.01. The van der Waals surface area contributed by atoms with Gasteiger partial charge in [0.15, 0.2) is 11.6 Å². The van der Waals surface area contributed by atoms with Crippen LogP contribution in [0.3, 0.4) is 0 Å². The molecule has 2 amide bonds. The molecule has 3 aromatic heterocycles. The van der Waals surface area contributed by atoms with Crippen LogP contribution >= 0.6 is 9.24 Å². The maximum Gasteiger partial charge on any atom is 0.275 e. The van der Waals surface area contributed by atoms with Crippen LogP contribution in [0.5, 0.6) is 0 Å². The number of carbonyl (C=O) groups excluding carboxylic acids is 2. The Morgan fingerprint density at radius 1 is 1.10 bits per heavy atom. The van der Waals surface area contributed by atoms with Crippen molar-refractivity contribution >= 4 is 32.6 Å². The van der Waals surface area contributed by atoms with E-state index in [1.807, 2.05) is 26.8 Å². The van der Waals surface area contributed by atoms with Gasteiger partial charge >= 0.3 is 0 Å². The van der Waals surface area contributed by atoms with Gasteiger partial charge in [0.2, 0.25) is 5.91 Å². The molecule has 4 aromatic rings. The van der Waals surface area contributed by atoms with Gasteiger partial charge in [-0.25, -0.2) is 18.7 Å². The summed E-state index contributed by atoms with van der Waals surface area (Å²) < 4.78 is 31.2. The number of hydrogen-bond acceptors (Lipinski definition) is 6. The van der Waals surface area contributed by atoms with Crippen molar-refractivity contribution in [1.29, 1.82) is 0 Å². The van der Waals surface area contributed by atoms with Gasteiger partial charge in [-0.15, -0.1) is 0 Å². The monoisotopic (exact) mass is 577 g/mol. The number of nitrogens with one attached hydrogen (secondary N) is 1. The molecular formula is C29H30F2N7O2P. The predicted octanol–water partition coefficient (Wildman–Crippen LogP) is 5.63. The summed E-state index contributed by atoms with van der Waals surface area (Å²) in [6, 6.07) is 3.15. The number of nitrogens with zero attached hydrogens (tertiary/aromatic N) is 6. The van der Waals surface area contributed by atoms with Crippen molar-refractivity contribution in [2.24, 2.45) is 0 Å². The molecular weight excluding hydrogens is 547 g/mol. The third kappa shape index (κ3) is 5.46. The Morgan fingerprint density at radius 3 is 2.59 bits per heavy atom. The average molecular weight is 578 g/mol. The number of hydrogen-bond donors (Lipinski definition) is 1. The van der Waals surface area contributed by atoms with Crippen LogP contribution < -0.4 is 10.2 Å². The fraction of sp³-hybridized carbons (Fsp3) is 0.310. The van der Waals surface area contributed by atoms with Gasteiger partial charge in [-0.05, 0) is 56.4 Å². The molecule has 1 fully saturated rings. The Labute approximate surface area is 238 Å². The molecule has 0 radical (unpaired) electrons. The molecule has 0 bridgehead atoms. The Bertz CT molecular complexity index is 1660. The van der Waals surface area contributed by atoms with Crippen LogP contribution in [0.4, 0.5) is 20.3 Å². The van der Waals surface area contributed by atoms with Gasteiger partial charge in [0, 0.05) is 36.5 Å². The van der Waals surface area contributed by atoms with Gasteiger partial charge in [-0.2, -0.15) is 5.10 Å². The van der Waals surface area contributed by atoms with Crippen molar-refractivity contribution in [2.75, 3.05) is 16.8 Å². The lowest BCUT2D eigenvalue weighted by Crippen LogP contribution is -2.26. The molecule has 1 N–H and O–H groups in total. The average Bonchev–Trinajstić information content (AvgIpc) is 3.60. The second kappa shape index (κ2) is 11.4. The van der Waals surface area contributed by atoms with E-state index in [9.17, 15) is 14.0 Å². The van der Waals surface area contributed by atoms with Gasteiger partial charge in [0.25, 0.3) is 5.91 Å². The van der Waals surface area contributed by atoms with E-state index in [0.717, 1.165) is 11.1 Å². The minimum absolute atomic E-state index is 0.0467. The number of aryl methyl sites for hydroxylation is 1. The Morgan fingerprint density at radius 2 is 1.88 bits per heavy atom. The molecule has 1 aliphatic rings. The minimum atomic E-state index is -1.30. The summed E-state index contributed by atoms with van der Waals surface area (Å²) in [5.74, 6) is -2.43. The SMILES string of the molecule is Cc1ccc(C(F)P)c(-c2cncc(C(=O)Nc3cnn([C@H](C)c4cnc(N5CCCC5=O)c(F)c4C)c3)n2)c1C. The lowest BCUT2D eigenvalue weighted by Gasteiger charge is -2.20. The summed E-state index contributed by atoms with van der Waals surface area (Å²) in [6.07, 6.45) is 8.58. The molecule has 1 saturated heterocycles. The van der Waals surface area contributed by atoms with Crippen LogP contribution in [0, 0.1) is 26.6 Å². The van der Waals surface area contributed by atoms with Crippen LogP contribution in [0.15, 0.2) is 43.1 Å². The van der Waals surface area contributed by atoms with E-state index in [1.54, 1.807) is 30.1 Å². The maximum atomic E-state index is 15.2. The number of rotatable bonds is 7. The topological polar surface area (TPSA) is 106 Å². The molecule has 12 heteroatoms. The van der Waals surface area contributed by atoms with Gasteiger partial charge in [-0.3, -0.25) is 24.2 Å². The molecule has 1 aliphatic heterocycles. The van der Waals surface area contributed by atoms with Crippen molar-refractivity contribution in [2.45, 2.75) is 52.5 Å². The van der Waals surface area contributed by atoms with Gasteiger partial charge in [0.1, 0.15) is 11.6 Å². The molecule has 2 unspecified atom stereocenters. The molecule has 0 aliphatic carbocycles. The highest BCUT2D eigenvalue weighted by Crippen LogP contribution is 2.36. The van der Waals surface area contributed by atoms with Crippen molar-refractivity contribution in [3.05, 3.63) is 82.4 Å². The number of amides is 2. The molecule has 5 rings (SSSR count). The second-order valence-electron chi connectivity index (χ2n) is 10.1. The highest BCUT2D eigenvalue weighted by Gasteiger charge is 2.28. The first-order valence-corrected chi connectivity index (χ1v) is 13.9. The number of carbonyl (C=O) groups is 2. The van der Waals surface area contributed by atoms with E-state index in [1.165, 1.54) is 23.5 Å². The van der Waals surface area contributed by atoms with Crippen molar-refractivity contribution in [3.63, 3.8) is 0 Å². The van der Waals surface area contributed by atoms with E-state index < -0.39 is 23.7 Å². The molecule has 1 aromatic carbocycles. The smallest absolute Gasteiger partial charge is 0.275 e. The molecule has 9 nitrogen and oxygen atoms in total. The Balaban J connectivity index is 1.36. The Hall–Kier alpha value is -4.11. The van der Waals surface area contributed by atoms with Crippen LogP contribution in [-0.2, 0) is 4.79 Å². The van der Waals surface area contributed by atoms with E-state index in [-0.39, 0.29) is 17.4 Å². The number of halogens is 2. The lowest BCUT2D eigenvalue weighted by atomic mass is 9.96. The highest BCUT2D eigenvalue weighted by atomic mass is 31.0. The number of alkyl halides is 1. The first kappa shape index (κ1) is 28.4. The largest absolute Gasteiger partial charge is 0.318 e. The zero-order chi connectivity index (χ0) is 29.4. The molecule has 41 heavy (non-hydrogen) atoms. The first-order valence-electron chi connectivity index (χ1n) is 13.2. The summed E-state index contributed by atoms with van der Waals surface area (Å²) in [5.41, 5.74) is 4.71. The van der Waals surface area contributed by atoms with Crippen LogP contribution in [0.1, 0.15) is 70.0 Å². The summed E-state index contributed by atoms with van der Waals surface area (Å²) >= 11 is 0. The molecule has 0 spiro atoms. The lowest BCUT2D eigenvalue weighted by molar-refractivity contribution is -0.117. The third-order valence-corrected chi connectivity index (χ3v) is 7.87. The molecule has 0 saturated carbocycles. The quantitative estimate of drug-likeness (QED) is 0.286. The van der Waals surface area contributed by atoms with E-state index in [0.29, 0.717) is 53.0 Å². The standard InChI is InChI=1S/C29H30F2N7O2P/c1-15-7-8-20(27(31)41)25(16(15)2)22-12-32-13-23(36-22)29(40)35-19-10-34-38(14-19)18(4)21-11-33-28(26(30)17(21)3)37-9-5-6-24(37)39/h7-8,10-14,18,27H,5-6,9,41H2,1-4H3,(H,35,40)/t18-,27?/m1/s1. The van der Waals surface area contributed by atoms with Crippen LogP contribution in [0.2, 0.25) is 0 Å². The summed E-state index contributed by atoms with van der Waals surface area (Å²) in [4.78, 5) is 39.5. The molecule has 3 atom stereocenters. The summed E-state index contributed by atoms with van der Waals surface area (Å²) in [5, 5.41) is 7.11. The van der Waals surface area contributed by atoms with E-state index in [2.05, 4.69) is 34.6 Å². The van der Waals surface area contributed by atoms with Gasteiger partial charge in [0.05, 0.1) is 36.0 Å². The van der Waals surface area contributed by atoms with Crippen molar-refractivity contribution in [1.82, 2.24) is 24.7 Å². The second-order valence-corrected chi connectivity index (χ2v) is 10.7. The minimum Gasteiger partial charge on any atom is -0.318 e. The number of pyridine rings is 1. The normalized spacial score (nSPS) is 14.8. The van der Waals surface area contributed by atoms with Gasteiger partial charge in [-0.1, -0.05) is 21.4 Å². The highest BCUT2D eigenvalue weighted by molar-refractivity contribution is 7.16. The number of anilines is 2. The summed E-state index contributed by atoms with van der Waals surface area (Å²) in [6.45, 7) is 7.74. The summed E-state index contributed by atoms with van der Waals surface area (Å²) in [7, 11) is 2.15. The fourth-order valence-corrected chi connectivity index (χ4v) is 5.29. The van der Waals surface area contributed by atoms with Crippen molar-refractivity contribution < 1.29 is 18.4 Å². The molecule has 4 heterocycles. The predicted molar refractivity (Wildman–Crippen MR) is 155 cm³/mol. The van der Waals surface area contributed by atoms with Crippen LogP contribution in [0.25, 0.3) is 11.3 Å².